The number of hydrogen-bond acceptors (Lipinski definition) is 4. The van der Waals surface area contributed by atoms with Crippen LogP contribution in [-0.2, 0) is 13.0 Å². The molecule has 2 atom stereocenters. The van der Waals surface area contributed by atoms with Crippen LogP contribution in [0.4, 0.5) is 0 Å². The van der Waals surface area contributed by atoms with E-state index in [-0.39, 0.29) is 17.5 Å². The van der Waals surface area contributed by atoms with Crippen LogP contribution in [0.5, 0.6) is 17.2 Å². The second-order valence-corrected chi connectivity index (χ2v) is 9.45. The van der Waals surface area contributed by atoms with Crippen molar-refractivity contribution in [2.75, 3.05) is 7.11 Å². The Morgan fingerprint density at radius 1 is 0.912 bits per heavy atom. The van der Waals surface area contributed by atoms with Crippen molar-refractivity contribution >= 4 is 10.8 Å². The van der Waals surface area contributed by atoms with Gasteiger partial charge in [0.05, 0.1) is 12.5 Å². The van der Waals surface area contributed by atoms with Crippen LogP contribution in [0.3, 0.4) is 0 Å². The number of nitrogens with zero attached hydrogens (tertiary/aromatic N) is 1. The molecule has 0 unspecified atom stereocenters. The summed E-state index contributed by atoms with van der Waals surface area (Å²) in [5, 5.41) is 24.4. The van der Waals surface area contributed by atoms with Crippen molar-refractivity contribution in [3.05, 3.63) is 89.0 Å². The molecular weight excluding hydrogens is 422 g/mol. The molecule has 0 bridgehead atoms. The number of fused-ring (bicyclic) bond motifs is 2. The molecule has 2 N–H and O–H groups in total. The highest BCUT2D eigenvalue weighted by molar-refractivity contribution is 6.00. The van der Waals surface area contributed by atoms with E-state index >= 15 is 0 Å². The van der Waals surface area contributed by atoms with Gasteiger partial charge in [-0.2, -0.15) is 0 Å². The quantitative estimate of drug-likeness (QED) is 0.359. The van der Waals surface area contributed by atoms with E-state index in [1.165, 1.54) is 11.1 Å². The van der Waals surface area contributed by atoms with Crippen LogP contribution in [-0.4, -0.2) is 28.3 Å². The number of aryl methyl sites for hydroxylation is 1. The first-order chi connectivity index (χ1) is 16.4. The molecule has 4 nitrogen and oxygen atoms in total. The van der Waals surface area contributed by atoms with E-state index < -0.39 is 0 Å². The number of ether oxygens (including phenoxy) is 1. The molecule has 174 valence electrons. The molecule has 0 fully saturated rings. The zero-order valence-electron chi connectivity index (χ0n) is 20.2. The van der Waals surface area contributed by atoms with E-state index in [9.17, 15) is 10.2 Å². The molecule has 0 spiro atoms. The van der Waals surface area contributed by atoms with E-state index in [2.05, 4.69) is 49.1 Å². The Hall–Kier alpha value is -3.50. The fraction of sp³-hybridized carbons (Fsp3) is 0.267. The average Bonchev–Trinajstić information content (AvgIpc) is 2.82. The topological polar surface area (TPSA) is 52.9 Å². The van der Waals surface area contributed by atoms with Crippen LogP contribution in [0.25, 0.3) is 21.9 Å². The first-order valence-electron chi connectivity index (χ1n) is 11.8. The summed E-state index contributed by atoms with van der Waals surface area (Å²) in [6.45, 7) is 7.24. The zero-order valence-corrected chi connectivity index (χ0v) is 20.2. The number of benzene rings is 4. The average molecular weight is 454 g/mol. The Bertz CT molecular complexity index is 1360. The fourth-order valence-corrected chi connectivity index (χ4v) is 5.51. The summed E-state index contributed by atoms with van der Waals surface area (Å²) >= 11 is 0. The molecule has 0 radical (unpaired) electrons. The molecule has 4 heteroatoms. The largest absolute Gasteiger partial charge is 0.507 e. The number of phenolic OH excluding ortho intramolecular Hbond substituents is 2. The SMILES string of the molecule is COc1cc(C)cc2ccc(-c3ccc4c(c3O)[C@@H](C)N(Cc3ccccc3)[C@H](C)C4)c(O)c12. The summed E-state index contributed by atoms with van der Waals surface area (Å²) in [5.74, 6) is 1.00. The van der Waals surface area contributed by atoms with Gasteiger partial charge in [-0.3, -0.25) is 4.90 Å². The molecular formula is C30H31NO3. The Labute approximate surface area is 201 Å². The third kappa shape index (κ3) is 3.68. The number of methoxy groups -OCH3 is 1. The minimum Gasteiger partial charge on any atom is -0.507 e. The molecule has 34 heavy (non-hydrogen) atoms. The minimum atomic E-state index is 0.0405. The lowest BCUT2D eigenvalue weighted by atomic mass is 9.85. The highest BCUT2D eigenvalue weighted by Gasteiger charge is 2.32. The van der Waals surface area contributed by atoms with Gasteiger partial charge in [0.2, 0.25) is 0 Å². The van der Waals surface area contributed by atoms with Gasteiger partial charge in [0.1, 0.15) is 17.2 Å². The molecule has 0 amide bonds. The predicted octanol–water partition coefficient (Wildman–Crippen LogP) is 6.74. The van der Waals surface area contributed by atoms with Crippen LogP contribution in [0.2, 0.25) is 0 Å². The summed E-state index contributed by atoms with van der Waals surface area (Å²) < 4.78 is 5.57. The van der Waals surface area contributed by atoms with Gasteiger partial charge in [-0.25, -0.2) is 0 Å². The maximum Gasteiger partial charge on any atom is 0.135 e. The summed E-state index contributed by atoms with van der Waals surface area (Å²) in [6.07, 6.45) is 0.872. The third-order valence-corrected chi connectivity index (χ3v) is 7.22. The summed E-state index contributed by atoms with van der Waals surface area (Å²) in [7, 11) is 1.61. The molecule has 4 aromatic carbocycles. The Balaban J connectivity index is 1.61. The maximum absolute atomic E-state index is 11.5. The van der Waals surface area contributed by atoms with E-state index in [0.29, 0.717) is 28.3 Å². The monoisotopic (exact) mass is 453 g/mol. The summed E-state index contributed by atoms with van der Waals surface area (Å²) in [6, 6.07) is 22.7. The van der Waals surface area contributed by atoms with Crippen molar-refractivity contribution in [3.63, 3.8) is 0 Å². The molecule has 1 heterocycles. The van der Waals surface area contributed by atoms with E-state index in [0.717, 1.165) is 29.5 Å². The van der Waals surface area contributed by atoms with E-state index in [1.54, 1.807) is 7.11 Å². The normalized spacial score (nSPS) is 18.1. The van der Waals surface area contributed by atoms with Crippen LogP contribution in [0.1, 0.15) is 42.1 Å². The summed E-state index contributed by atoms with van der Waals surface area (Å²) in [5.41, 5.74) is 5.68. The van der Waals surface area contributed by atoms with Crippen LogP contribution in [0.15, 0.2) is 66.7 Å². The van der Waals surface area contributed by atoms with Gasteiger partial charge < -0.3 is 14.9 Å². The van der Waals surface area contributed by atoms with Crippen molar-refractivity contribution < 1.29 is 14.9 Å². The molecule has 0 saturated heterocycles. The molecule has 4 aromatic rings. The smallest absolute Gasteiger partial charge is 0.135 e. The van der Waals surface area contributed by atoms with Gasteiger partial charge in [0.15, 0.2) is 0 Å². The van der Waals surface area contributed by atoms with Gasteiger partial charge in [0.25, 0.3) is 0 Å². The van der Waals surface area contributed by atoms with Gasteiger partial charge in [-0.05, 0) is 61.4 Å². The maximum atomic E-state index is 11.5. The first-order valence-corrected chi connectivity index (χ1v) is 11.8. The molecule has 0 saturated carbocycles. The van der Waals surface area contributed by atoms with E-state index in [4.69, 9.17) is 4.74 Å². The predicted molar refractivity (Wildman–Crippen MR) is 138 cm³/mol. The molecule has 0 aliphatic carbocycles. The van der Waals surface area contributed by atoms with Crippen molar-refractivity contribution in [3.8, 4) is 28.4 Å². The number of phenols is 2. The number of rotatable bonds is 4. The standard InChI is InChI=1S/C30H31NO3/c1-18-14-22-10-12-25(30(33)28(22)26(15-18)34-4)24-13-11-23-16-19(2)31(20(3)27(23)29(24)32)17-21-8-6-5-7-9-21/h5-15,19-20,32-33H,16-17H2,1-4H3/t19-,20-/m1/s1. The van der Waals surface area contributed by atoms with Gasteiger partial charge >= 0.3 is 0 Å². The molecule has 1 aliphatic rings. The lowest BCUT2D eigenvalue weighted by molar-refractivity contribution is 0.127. The second-order valence-electron chi connectivity index (χ2n) is 9.45. The minimum absolute atomic E-state index is 0.0405. The second kappa shape index (κ2) is 8.69. The van der Waals surface area contributed by atoms with Crippen LogP contribution >= 0.6 is 0 Å². The molecule has 1 aliphatic heterocycles. The van der Waals surface area contributed by atoms with Gasteiger partial charge in [-0.1, -0.05) is 54.6 Å². The van der Waals surface area contributed by atoms with Crippen molar-refractivity contribution in [2.45, 2.75) is 45.8 Å². The zero-order chi connectivity index (χ0) is 24.0. The van der Waals surface area contributed by atoms with Crippen LogP contribution < -0.4 is 4.74 Å². The summed E-state index contributed by atoms with van der Waals surface area (Å²) in [4.78, 5) is 2.44. The van der Waals surface area contributed by atoms with Crippen molar-refractivity contribution in [1.82, 2.24) is 4.90 Å². The van der Waals surface area contributed by atoms with Gasteiger partial charge in [-0.15, -0.1) is 0 Å². The Kier molecular flexibility index (Phi) is 5.70. The Morgan fingerprint density at radius 3 is 2.35 bits per heavy atom. The molecule has 5 rings (SSSR count). The highest BCUT2D eigenvalue weighted by Crippen LogP contribution is 2.48. The number of aromatic hydroxyl groups is 2. The van der Waals surface area contributed by atoms with Crippen molar-refractivity contribution in [1.29, 1.82) is 0 Å². The van der Waals surface area contributed by atoms with Crippen LogP contribution in [0, 0.1) is 6.92 Å². The van der Waals surface area contributed by atoms with Gasteiger partial charge in [0, 0.05) is 35.3 Å². The first kappa shape index (κ1) is 22.3. The van der Waals surface area contributed by atoms with Crippen molar-refractivity contribution in [2.24, 2.45) is 0 Å². The lowest BCUT2D eigenvalue weighted by Gasteiger charge is -2.41. The lowest BCUT2D eigenvalue weighted by Crippen LogP contribution is -2.40. The highest BCUT2D eigenvalue weighted by atomic mass is 16.5. The fourth-order valence-electron chi connectivity index (χ4n) is 5.51. The number of hydrogen-bond donors (Lipinski definition) is 2. The van der Waals surface area contributed by atoms with E-state index in [1.807, 2.05) is 43.3 Å². The third-order valence-electron chi connectivity index (χ3n) is 7.22. The molecule has 0 aromatic heterocycles. The Morgan fingerprint density at radius 2 is 1.62 bits per heavy atom.